The van der Waals surface area contributed by atoms with E-state index in [1.807, 2.05) is 11.4 Å². The first-order chi connectivity index (χ1) is 8.13. The summed E-state index contributed by atoms with van der Waals surface area (Å²) in [5.41, 5.74) is 6.03. The zero-order chi connectivity index (χ0) is 12.7. The van der Waals surface area contributed by atoms with Gasteiger partial charge < -0.3 is 16.3 Å². The summed E-state index contributed by atoms with van der Waals surface area (Å²) < 4.78 is 1.10. The highest BCUT2D eigenvalue weighted by atomic mass is 127. The number of halogens is 1. The van der Waals surface area contributed by atoms with Crippen LogP contribution in [0.25, 0.3) is 0 Å². The summed E-state index contributed by atoms with van der Waals surface area (Å²) in [5.74, 6) is 0.177. The molecule has 4 N–H and O–H groups in total. The molecule has 1 rings (SSSR count). The minimum atomic E-state index is -0.0482. The maximum Gasteiger partial charge on any atom is 0.252 e. The number of unbranched alkanes of at least 4 members (excludes halogenated alkanes) is 1. The van der Waals surface area contributed by atoms with Crippen LogP contribution in [0, 0.1) is 2.88 Å². The molecular weight excluding hydrogens is 353 g/mol. The van der Waals surface area contributed by atoms with Gasteiger partial charge in [0.2, 0.25) is 0 Å². The topological polar surface area (TPSA) is 87.7 Å². The predicted octanol–water partition coefficient (Wildman–Crippen LogP) is 2.00. The van der Waals surface area contributed by atoms with Gasteiger partial charge in [-0.2, -0.15) is 0 Å². The number of nitrogens with zero attached hydrogens (tertiary/aromatic N) is 1. The molecule has 0 aliphatic carbocycles. The number of carbonyl (C=O) groups is 1. The third-order valence-electron chi connectivity index (χ3n) is 2.10. The van der Waals surface area contributed by atoms with Crippen molar-refractivity contribution in [3.8, 4) is 0 Å². The number of thiophene rings is 1. The van der Waals surface area contributed by atoms with Crippen molar-refractivity contribution >= 4 is 45.7 Å². The van der Waals surface area contributed by atoms with Gasteiger partial charge in [0.05, 0.1) is 8.45 Å². The van der Waals surface area contributed by atoms with Crippen molar-refractivity contribution in [2.75, 3.05) is 6.54 Å². The van der Waals surface area contributed by atoms with Crippen LogP contribution in [0.4, 0.5) is 0 Å². The van der Waals surface area contributed by atoms with E-state index >= 15 is 0 Å². The van der Waals surface area contributed by atoms with Crippen LogP contribution in [0.15, 0.2) is 16.6 Å². The van der Waals surface area contributed by atoms with E-state index in [4.69, 9.17) is 10.9 Å². The molecule has 0 unspecified atom stereocenters. The Balaban J connectivity index is 2.17. The Kier molecular flexibility index (Phi) is 6.27. The second kappa shape index (κ2) is 7.49. The van der Waals surface area contributed by atoms with E-state index in [1.165, 1.54) is 0 Å². The lowest BCUT2D eigenvalue weighted by Gasteiger charge is -2.03. The molecule has 1 amide bonds. The fourth-order valence-electron chi connectivity index (χ4n) is 1.21. The van der Waals surface area contributed by atoms with E-state index in [0.717, 1.165) is 15.7 Å². The van der Waals surface area contributed by atoms with E-state index in [2.05, 4.69) is 33.1 Å². The molecule has 7 heteroatoms. The lowest BCUT2D eigenvalue weighted by molar-refractivity contribution is 0.0953. The third kappa shape index (κ3) is 5.35. The first-order valence-electron chi connectivity index (χ1n) is 5.12. The molecule has 0 aromatic carbocycles. The average molecular weight is 367 g/mol. The quantitative estimate of drug-likeness (QED) is 0.180. The normalized spacial score (nSPS) is 11.5. The Morgan fingerprint density at radius 3 is 2.94 bits per heavy atom. The predicted molar refractivity (Wildman–Crippen MR) is 76.6 cm³/mol. The van der Waals surface area contributed by atoms with Crippen molar-refractivity contribution in [2.45, 2.75) is 19.3 Å². The number of amidine groups is 1. The Labute approximate surface area is 117 Å². The van der Waals surface area contributed by atoms with Gasteiger partial charge in [0.1, 0.15) is 5.84 Å². The largest absolute Gasteiger partial charge is 0.409 e. The van der Waals surface area contributed by atoms with Gasteiger partial charge in [-0.15, -0.1) is 11.3 Å². The molecule has 17 heavy (non-hydrogen) atoms. The molecule has 0 saturated carbocycles. The van der Waals surface area contributed by atoms with Crippen LogP contribution in [0.1, 0.15) is 29.6 Å². The molecule has 1 aromatic heterocycles. The van der Waals surface area contributed by atoms with Gasteiger partial charge in [-0.1, -0.05) is 5.16 Å². The molecule has 0 spiro atoms. The van der Waals surface area contributed by atoms with Gasteiger partial charge in [0.15, 0.2) is 0 Å². The van der Waals surface area contributed by atoms with Crippen molar-refractivity contribution in [1.29, 1.82) is 0 Å². The molecule has 0 bridgehead atoms. The Morgan fingerprint density at radius 1 is 1.59 bits per heavy atom. The van der Waals surface area contributed by atoms with Crippen molar-refractivity contribution in [3.05, 3.63) is 19.9 Å². The number of rotatable bonds is 6. The highest BCUT2D eigenvalue weighted by Crippen LogP contribution is 2.16. The van der Waals surface area contributed by atoms with Crippen molar-refractivity contribution < 1.29 is 10.0 Å². The number of carbonyl (C=O) groups excluding carboxylic acids is 1. The summed E-state index contributed by atoms with van der Waals surface area (Å²) in [6.07, 6.45) is 2.14. The standard InChI is InChI=1S/C10H14IN3O2S/c11-8-5-7(6-17-8)10(15)13-4-2-1-3-9(12)14-16/h5-6,16H,1-4H2,(H2,12,14)(H,13,15). The van der Waals surface area contributed by atoms with Gasteiger partial charge in [-0.3, -0.25) is 4.79 Å². The van der Waals surface area contributed by atoms with Crippen LogP contribution in [0.3, 0.4) is 0 Å². The maximum absolute atomic E-state index is 11.6. The number of amides is 1. The van der Waals surface area contributed by atoms with Gasteiger partial charge in [-0.25, -0.2) is 0 Å². The molecule has 0 atom stereocenters. The average Bonchev–Trinajstić information content (AvgIpc) is 2.75. The molecule has 1 aromatic rings. The van der Waals surface area contributed by atoms with E-state index in [-0.39, 0.29) is 11.7 Å². The molecule has 0 aliphatic heterocycles. The van der Waals surface area contributed by atoms with Gasteiger partial charge in [-0.05, 0) is 41.5 Å². The van der Waals surface area contributed by atoms with Crippen LogP contribution in [-0.4, -0.2) is 23.5 Å². The third-order valence-corrected chi connectivity index (χ3v) is 3.89. The van der Waals surface area contributed by atoms with Gasteiger partial charge >= 0.3 is 0 Å². The zero-order valence-corrected chi connectivity index (χ0v) is 12.1. The zero-order valence-electron chi connectivity index (χ0n) is 9.15. The Hall–Kier alpha value is -0.830. The Morgan fingerprint density at radius 2 is 2.35 bits per heavy atom. The summed E-state index contributed by atoms with van der Waals surface area (Å²) in [7, 11) is 0. The van der Waals surface area contributed by atoms with Crippen molar-refractivity contribution in [1.82, 2.24) is 5.32 Å². The molecule has 94 valence electrons. The van der Waals surface area contributed by atoms with Crippen LogP contribution in [0.2, 0.25) is 0 Å². The summed E-state index contributed by atoms with van der Waals surface area (Å²) in [4.78, 5) is 11.6. The van der Waals surface area contributed by atoms with E-state index in [0.29, 0.717) is 18.5 Å². The number of nitrogens with one attached hydrogen (secondary N) is 1. The first kappa shape index (κ1) is 14.2. The summed E-state index contributed by atoms with van der Waals surface area (Å²) in [5, 5.41) is 15.9. The molecule has 0 radical (unpaired) electrons. The van der Waals surface area contributed by atoms with Gasteiger partial charge in [0, 0.05) is 18.3 Å². The second-order valence-corrected chi connectivity index (χ2v) is 6.25. The van der Waals surface area contributed by atoms with E-state index in [9.17, 15) is 4.79 Å². The minimum absolute atomic E-state index is 0.0482. The number of nitrogens with two attached hydrogens (primary N) is 1. The summed E-state index contributed by atoms with van der Waals surface area (Å²) in [6, 6.07) is 1.86. The maximum atomic E-state index is 11.6. The van der Waals surface area contributed by atoms with Crippen molar-refractivity contribution in [2.24, 2.45) is 10.9 Å². The lowest BCUT2D eigenvalue weighted by Crippen LogP contribution is -2.24. The highest BCUT2D eigenvalue weighted by molar-refractivity contribution is 14.1. The van der Waals surface area contributed by atoms with Crippen LogP contribution in [0.5, 0.6) is 0 Å². The number of hydrogen-bond donors (Lipinski definition) is 3. The van der Waals surface area contributed by atoms with Crippen LogP contribution < -0.4 is 11.1 Å². The fourth-order valence-corrected chi connectivity index (χ4v) is 2.54. The summed E-state index contributed by atoms with van der Waals surface area (Å²) in [6.45, 7) is 0.601. The molecule has 5 nitrogen and oxygen atoms in total. The minimum Gasteiger partial charge on any atom is -0.409 e. The highest BCUT2D eigenvalue weighted by Gasteiger charge is 2.06. The van der Waals surface area contributed by atoms with Crippen LogP contribution >= 0.6 is 33.9 Å². The van der Waals surface area contributed by atoms with Gasteiger partial charge in [0.25, 0.3) is 5.91 Å². The SMILES string of the molecule is NC(CCCCNC(=O)c1csc(I)c1)=NO. The van der Waals surface area contributed by atoms with Crippen LogP contribution in [-0.2, 0) is 0 Å². The smallest absolute Gasteiger partial charge is 0.252 e. The first-order valence-corrected chi connectivity index (χ1v) is 7.08. The second-order valence-electron chi connectivity index (χ2n) is 3.44. The molecule has 1 heterocycles. The molecule has 0 aliphatic rings. The molecule has 0 fully saturated rings. The monoisotopic (exact) mass is 367 g/mol. The van der Waals surface area contributed by atoms with Crippen molar-refractivity contribution in [3.63, 3.8) is 0 Å². The number of hydrogen-bond acceptors (Lipinski definition) is 4. The van der Waals surface area contributed by atoms with E-state index < -0.39 is 0 Å². The Bertz CT molecular complexity index is 406. The summed E-state index contributed by atoms with van der Waals surface area (Å²) >= 11 is 3.73. The lowest BCUT2D eigenvalue weighted by atomic mass is 10.2. The fraction of sp³-hybridized carbons (Fsp3) is 0.400. The number of oxime groups is 1. The van der Waals surface area contributed by atoms with E-state index in [1.54, 1.807) is 11.3 Å². The molecule has 0 saturated heterocycles. The molecular formula is C10H14IN3O2S.